The molecule has 0 saturated carbocycles. The zero-order valence-corrected chi connectivity index (χ0v) is 12.8. The van der Waals surface area contributed by atoms with Crippen molar-refractivity contribution >= 4 is 21.7 Å². The molecule has 0 aliphatic heterocycles. The molecule has 1 aromatic heterocycles. The molecule has 7 nitrogen and oxygen atoms in total. The number of carbonyl (C=O) groups excluding carboxylic acids is 1. The first kappa shape index (κ1) is 15.9. The second-order valence-electron chi connectivity index (χ2n) is 4.64. The Hall–Kier alpha value is -2.45. The Bertz CT molecular complexity index is 803. The van der Waals surface area contributed by atoms with Crippen LogP contribution in [0.25, 0.3) is 0 Å². The van der Waals surface area contributed by atoms with E-state index in [1.807, 2.05) is 0 Å². The molecular formula is C14H15N3O4S. The van der Waals surface area contributed by atoms with E-state index in [1.54, 1.807) is 0 Å². The van der Waals surface area contributed by atoms with Gasteiger partial charge in [-0.2, -0.15) is 0 Å². The molecular weight excluding hydrogens is 306 g/mol. The highest BCUT2D eigenvalue weighted by Crippen LogP contribution is 2.20. The van der Waals surface area contributed by atoms with E-state index < -0.39 is 15.9 Å². The lowest BCUT2D eigenvalue weighted by atomic mass is 10.2. The molecule has 0 fully saturated rings. The quantitative estimate of drug-likeness (QED) is 0.884. The van der Waals surface area contributed by atoms with Gasteiger partial charge in [-0.1, -0.05) is 6.07 Å². The second kappa shape index (κ2) is 6.12. The van der Waals surface area contributed by atoms with Crippen LogP contribution in [0, 0.1) is 0 Å². The molecule has 1 amide bonds. The van der Waals surface area contributed by atoms with Gasteiger partial charge in [0.25, 0.3) is 5.91 Å². The fraction of sp³-hybridized carbons (Fsp3) is 0.143. The third-order valence-electron chi connectivity index (χ3n) is 2.89. The first-order valence-electron chi connectivity index (χ1n) is 6.30. The molecule has 0 aliphatic carbocycles. The number of benzene rings is 1. The summed E-state index contributed by atoms with van der Waals surface area (Å²) in [6.07, 6.45) is 1.42. The van der Waals surface area contributed by atoms with Crippen LogP contribution in [0.3, 0.4) is 0 Å². The summed E-state index contributed by atoms with van der Waals surface area (Å²) in [5.41, 5.74) is 0.146. The van der Waals surface area contributed by atoms with Gasteiger partial charge in [0.1, 0.15) is 0 Å². The van der Waals surface area contributed by atoms with Crippen molar-refractivity contribution in [3.8, 4) is 5.75 Å². The van der Waals surface area contributed by atoms with Crippen molar-refractivity contribution in [3.05, 3.63) is 48.2 Å². The van der Waals surface area contributed by atoms with Gasteiger partial charge < -0.3 is 10.4 Å². The average molecular weight is 321 g/mol. The molecule has 2 aromatic rings. The molecule has 22 heavy (non-hydrogen) atoms. The molecule has 8 heteroatoms. The summed E-state index contributed by atoms with van der Waals surface area (Å²) in [6.45, 7) is 0. The van der Waals surface area contributed by atoms with Crippen LogP contribution >= 0.6 is 0 Å². The van der Waals surface area contributed by atoms with Gasteiger partial charge in [-0.15, -0.1) is 0 Å². The van der Waals surface area contributed by atoms with Crippen molar-refractivity contribution in [2.24, 2.45) is 0 Å². The van der Waals surface area contributed by atoms with E-state index >= 15 is 0 Å². The molecule has 1 heterocycles. The lowest BCUT2D eigenvalue weighted by Gasteiger charge is -2.12. The molecule has 1 aromatic carbocycles. The summed E-state index contributed by atoms with van der Waals surface area (Å²) < 4.78 is 25.2. The number of anilines is 1. The van der Waals surface area contributed by atoms with E-state index in [4.69, 9.17) is 0 Å². The molecule has 116 valence electrons. The number of rotatable bonds is 4. The molecule has 0 aliphatic rings. The van der Waals surface area contributed by atoms with Crippen LogP contribution in [-0.2, 0) is 10.0 Å². The Morgan fingerprint density at radius 3 is 2.59 bits per heavy atom. The number of nitrogens with one attached hydrogen (secondary N) is 1. The first-order valence-corrected chi connectivity index (χ1v) is 7.74. The van der Waals surface area contributed by atoms with Gasteiger partial charge in [0.15, 0.2) is 11.6 Å². The number of carbonyl (C=O) groups is 1. The Morgan fingerprint density at radius 2 is 1.95 bits per heavy atom. The van der Waals surface area contributed by atoms with Gasteiger partial charge in [-0.3, -0.25) is 4.79 Å². The van der Waals surface area contributed by atoms with Crippen molar-refractivity contribution < 1.29 is 18.3 Å². The zero-order chi connectivity index (χ0) is 16.3. The minimum Gasteiger partial charge on any atom is -0.504 e. The van der Waals surface area contributed by atoms with Crippen LogP contribution in [0.1, 0.15) is 10.4 Å². The highest BCUT2D eigenvalue weighted by Gasteiger charge is 2.19. The van der Waals surface area contributed by atoms with Gasteiger partial charge in [-0.25, -0.2) is 17.7 Å². The minimum atomic E-state index is -3.63. The van der Waals surface area contributed by atoms with Crippen LogP contribution in [0.4, 0.5) is 5.82 Å². The maximum Gasteiger partial charge on any atom is 0.256 e. The van der Waals surface area contributed by atoms with Gasteiger partial charge in [0.05, 0.1) is 4.90 Å². The van der Waals surface area contributed by atoms with Crippen molar-refractivity contribution in [3.63, 3.8) is 0 Å². The molecule has 0 bridgehead atoms. The van der Waals surface area contributed by atoms with E-state index in [9.17, 15) is 18.3 Å². The van der Waals surface area contributed by atoms with E-state index in [0.29, 0.717) is 0 Å². The van der Waals surface area contributed by atoms with Crippen molar-refractivity contribution in [1.29, 1.82) is 0 Å². The number of hydrogen-bond acceptors (Lipinski definition) is 5. The second-order valence-corrected chi connectivity index (χ2v) is 6.79. The van der Waals surface area contributed by atoms with E-state index in [1.165, 1.54) is 56.7 Å². The third-order valence-corrected chi connectivity index (χ3v) is 4.70. The van der Waals surface area contributed by atoms with Crippen molar-refractivity contribution in [1.82, 2.24) is 9.29 Å². The topological polar surface area (TPSA) is 99.6 Å². The fourth-order valence-corrected chi connectivity index (χ4v) is 2.63. The van der Waals surface area contributed by atoms with Crippen LogP contribution in [0.5, 0.6) is 5.75 Å². The Kier molecular flexibility index (Phi) is 4.43. The van der Waals surface area contributed by atoms with E-state index in [0.717, 1.165) is 4.31 Å². The van der Waals surface area contributed by atoms with Gasteiger partial charge in [-0.05, 0) is 30.3 Å². The predicted octanol–water partition coefficient (Wildman–Crippen LogP) is 1.29. The monoisotopic (exact) mass is 321 g/mol. The molecule has 0 radical (unpaired) electrons. The minimum absolute atomic E-state index is 0.00775. The number of hydrogen-bond donors (Lipinski definition) is 2. The maximum atomic E-state index is 12.1. The van der Waals surface area contributed by atoms with E-state index in [-0.39, 0.29) is 22.0 Å². The molecule has 2 N–H and O–H groups in total. The lowest BCUT2D eigenvalue weighted by molar-refractivity contribution is 0.102. The number of pyridine rings is 1. The molecule has 0 saturated heterocycles. The third kappa shape index (κ3) is 3.23. The summed E-state index contributed by atoms with van der Waals surface area (Å²) in [4.78, 5) is 16.0. The molecule has 0 atom stereocenters. The molecule has 2 rings (SSSR count). The summed E-state index contributed by atoms with van der Waals surface area (Å²) in [7, 11) is -0.804. The van der Waals surface area contributed by atoms with Crippen molar-refractivity contribution in [2.45, 2.75) is 4.90 Å². The summed E-state index contributed by atoms with van der Waals surface area (Å²) in [5.74, 6) is -0.730. The highest BCUT2D eigenvalue weighted by atomic mass is 32.2. The average Bonchev–Trinajstić information content (AvgIpc) is 2.49. The van der Waals surface area contributed by atoms with Crippen LogP contribution in [0.2, 0.25) is 0 Å². The van der Waals surface area contributed by atoms with E-state index in [2.05, 4.69) is 10.3 Å². The fourth-order valence-electron chi connectivity index (χ4n) is 1.68. The smallest absolute Gasteiger partial charge is 0.256 e. The first-order chi connectivity index (χ1) is 10.3. The lowest BCUT2D eigenvalue weighted by Crippen LogP contribution is -2.22. The largest absolute Gasteiger partial charge is 0.504 e. The standard InChI is InChI=1S/C14H15N3O4S/c1-17(2)22(20,21)11-6-3-5-10(9-11)14(19)16-13-12(18)7-4-8-15-13/h3-9,18H,1-2H3,(H,15,16,19). The Morgan fingerprint density at radius 1 is 1.23 bits per heavy atom. The number of aromatic nitrogens is 1. The van der Waals surface area contributed by atoms with Gasteiger partial charge in [0.2, 0.25) is 10.0 Å². The van der Waals surface area contributed by atoms with Crippen LogP contribution < -0.4 is 5.32 Å². The normalized spacial score (nSPS) is 11.4. The maximum absolute atomic E-state index is 12.1. The summed E-state index contributed by atoms with van der Waals surface area (Å²) in [5, 5.41) is 12.0. The predicted molar refractivity (Wildman–Crippen MR) is 81.2 cm³/mol. The highest BCUT2D eigenvalue weighted by molar-refractivity contribution is 7.89. The Labute approximate surface area is 128 Å². The summed E-state index contributed by atoms with van der Waals surface area (Å²) >= 11 is 0. The van der Waals surface area contributed by atoms with Gasteiger partial charge >= 0.3 is 0 Å². The summed E-state index contributed by atoms with van der Waals surface area (Å²) in [6, 6.07) is 8.54. The number of amides is 1. The molecule has 0 spiro atoms. The van der Waals surface area contributed by atoms with Crippen LogP contribution in [-0.4, -0.2) is 42.8 Å². The van der Waals surface area contributed by atoms with Crippen LogP contribution in [0.15, 0.2) is 47.5 Å². The Balaban J connectivity index is 2.31. The van der Waals surface area contributed by atoms with Crippen molar-refractivity contribution in [2.75, 3.05) is 19.4 Å². The SMILES string of the molecule is CN(C)S(=O)(=O)c1cccc(C(=O)Nc2ncccc2O)c1. The zero-order valence-electron chi connectivity index (χ0n) is 12.0. The van der Waals surface area contributed by atoms with Gasteiger partial charge in [0, 0.05) is 25.9 Å². The number of aromatic hydroxyl groups is 1. The molecule has 0 unspecified atom stereocenters. The number of sulfonamides is 1. The number of nitrogens with zero attached hydrogens (tertiary/aromatic N) is 2.